The largest absolute Gasteiger partial charge is 0.373 e. The van der Waals surface area contributed by atoms with E-state index in [9.17, 15) is 0 Å². The minimum absolute atomic E-state index is 0.244. The predicted octanol–water partition coefficient (Wildman–Crippen LogP) is 2.52. The molecule has 0 radical (unpaired) electrons. The average Bonchev–Trinajstić information content (AvgIpc) is 2.17. The molecule has 0 aromatic carbocycles. The predicted molar refractivity (Wildman–Crippen MR) is 64.0 cm³/mol. The van der Waals surface area contributed by atoms with Gasteiger partial charge in [0.25, 0.3) is 0 Å². The second-order valence-electron chi connectivity index (χ2n) is 3.36. The van der Waals surface area contributed by atoms with E-state index in [1.165, 1.54) is 5.57 Å². The normalized spacial score (nSPS) is 14.8. The summed E-state index contributed by atoms with van der Waals surface area (Å²) in [6.07, 6.45) is 9.28. The summed E-state index contributed by atoms with van der Waals surface area (Å²) in [5.74, 6) is 0. The Bertz CT molecular complexity index is 214. The van der Waals surface area contributed by atoms with Gasteiger partial charge in [-0.05, 0) is 39.2 Å². The van der Waals surface area contributed by atoms with Gasteiger partial charge in [-0.15, -0.1) is 0 Å². The molecule has 0 rings (SSSR count). The summed E-state index contributed by atoms with van der Waals surface area (Å²) in [4.78, 5) is 2.14. The van der Waals surface area contributed by atoms with Gasteiger partial charge < -0.3 is 5.32 Å². The molecule has 2 nitrogen and oxygen atoms in total. The minimum atomic E-state index is 0.244. The molecule has 14 heavy (non-hydrogen) atoms. The van der Waals surface area contributed by atoms with Gasteiger partial charge in [-0.1, -0.05) is 31.7 Å². The third kappa shape index (κ3) is 4.28. The minimum Gasteiger partial charge on any atom is -0.373 e. The van der Waals surface area contributed by atoms with E-state index in [-0.39, 0.29) is 6.17 Å². The van der Waals surface area contributed by atoms with Crippen LogP contribution >= 0.6 is 0 Å². The van der Waals surface area contributed by atoms with Gasteiger partial charge in [0.1, 0.15) is 6.17 Å². The van der Waals surface area contributed by atoms with Crippen molar-refractivity contribution in [3.63, 3.8) is 0 Å². The van der Waals surface area contributed by atoms with Crippen molar-refractivity contribution in [3.8, 4) is 0 Å². The van der Waals surface area contributed by atoms with Gasteiger partial charge in [0.2, 0.25) is 0 Å². The van der Waals surface area contributed by atoms with Crippen LogP contribution < -0.4 is 5.32 Å². The van der Waals surface area contributed by atoms with Gasteiger partial charge in [0, 0.05) is 0 Å². The van der Waals surface area contributed by atoms with E-state index >= 15 is 0 Å². The first kappa shape index (κ1) is 13.0. The van der Waals surface area contributed by atoms with Crippen molar-refractivity contribution in [2.75, 3.05) is 14.1 Å². The molecule has 0 spiro atoms. The molecule has 0 amide bonds. The standard InChI is InChI=1S/C12H22N2/c1-6-9-10-11(7-2)12(13-8-3)14(4)5/h6,8-10,12-13H,3,7H2,1-2,4-5H3/b9-6?,11-10-. The number of hydrogen-bond acceptors (Lipinski definition) is 2. The van der Waals surface area contributed by atoms with Crippen LogP contribution in [0.5, 0.6) is 0 Å². The van der Waals surface area contributed by atoms with Crippen LogP contribution in [-0.2, 0) is 0 Å². The highest BCUT2D eigenvalue weighted by Crippen LogP contribution is 2.09. The Morgan fingerprint density at radius 1 is 1.50 bits per heavy atom. The molecule has 0 aliphatic rings. The summed E-state index contributed by atoms with van der Waals surface area (Å²) in [6, 6.07) is 0. The molecule has 0 fully saturated rings. The van der Waals surface area contributed by atoms with Crippen molar-refractivity contribution in [1.82, 2.24) is 10.2 Å². The molecule has 0 bridgehead atoms. The van der Waals surface area contributed by atoms with E-state index in [1.807, 2.05) is 13.0 Å². The maximum Gasteiger partial charge on any atom is 0.101 e. The molecule has 0 aliphatic heterocycles. The molecule has 2 heteroatoms. The molecule has 0 aromatic heterocycles. The lowest BCUT2D eigenvalue weighted by Gasteiger charge is -2.26. The fourth-order valence-corrected chi connectivity index (χ4v) is 1.32. The fourth-order valence-electron chi connectivity index (χ4n) is 1.32. The molecule has 0 heterocycles. The number of rotatable bonds is 6. The maximum atomic E-state index is 3.70. The molecule has 80 valence electrons. The SMILES string of the molecule is C=CNC(/C(=C\C=CC)CC)N(C)C. The second kappa shape index (κ2) is 7.39. The average molecular weight is 194 g/mol. The van der Waals surface area contributed by atoms with Crippen molar-refractivity contribution in [1.29, 1.82) is 0 Å². The molecule has 1 N–H and O–H groups in total. The third-order valence-electron chi connectivity index (χ3n) is 2.05. The first-order valence-corrected chi connectivity index (χ1v) is 5.02. The highest BCUT2D eigenvalue weighted by atomic mass is 15.2. The highest BCUT2D eigenvalue weighted by molar-refractivity contribution is 5.17. The van der Waals surface area contributed by atoms with Gasteiger partial charge in [-0.2, -0.15) is 0 Å². The molecule has 0 saturated carbocycles. The number of allylic oxidation sites excluding steroid dienone is 3. The number of nitrogens with one attached hydrogen (secondary N) is 1. The number of likely N-dealkylation sites (N-methyl/N-ethyl adjacent to an activating group) is 1. The second-order valence-corrected chi connectivity index (χ2v) is 3.36. The number of nitrogens with zero attached hydrogens (tertiary/aromatic N) is 1. The first-order chi connectivity index (χ1) is 6.67. The van der Waals surface area contributed by atoms with E-state index < -0.39 is 0 Å². The zero-order valence-electron chi connectivity index (χ0n) is 9.75. The molecule has 0 aromatic rings. The van der Waals surface area contributed by atoms with Crippen LogP contribution in [0.4, 0.5) is 0 Å². The van der Waals surface area contributed by atoms with Crippen LogP contribution in [0.2, 0.25) is 0 Å². The van der Waals surface area contributed by atoms with E-state index in [0.717, 1.165) is 6.42 Å². The van der Waals surface area contributed by atoms with Crippen molar-refractivity contribution in [3.05, 3.63) is 36.6 Å². The monoisotopic (exact) mass is 194 g/mol. The summed E-state index contributed by atoms with van der Waals surface area (Å²) < 4.78 is 0. The van der Waals surface area contributed by atoms with Gasteiger partial charge in [-0.3, -0.25) is 4.90 Å². The van der Waals surface area contributed by atoms with Crippen molar-refractivity contribution < 1.29 is 0 Å². The lowest BCUT2D eigenvalue weighted by atomic mass is 10.1. The van der Waals surface area contributed by atoms with E-state index in [0.29, 0.717) is 0 Å². The summed E-state index contributed by atoms with van der Waals surface area (Å²) in [7, 11) is 4.11. The molecule has 0 aliphatic carbocycles. The van der Waals surface area contributed by atoms with Gasteiger partial charge in [0.05, 0.1) is 0 Å². The van der Waals surface area contributed by atoms with Gasteiger partial charge in [-0.25, -0.2) is 0 Å². The molecule has 0 saturated heterocycles. The van der Waals surface area contributed by atoms with Crippen LogP contribution in [0.15, 0.2) is 36.6 Å². The lowest BCUT2D eigenvalue weighted by Crippen LogP contribution is -2.40. The Hall–Kier alpha value is -1.02. The molecular weight excluding hydrogens is 172 g/mol. The number of hydrogen-bond donors (Lipinski definition) is 1. The van der Waals surface area contributed by atoms with Crippen LogP contribution in [-0.4, -0.2) is 25.2 Å². The topological polar surface area (TPSA) is 15.3 Å². The Morgan fingerprint density at radius 2 is 2.14 bits per heavy atom. The molecular formula is C12H22N2. The zero-order chi connectivity index (χ0) is 11.0. The summed E-state index contributed by atoms with van der Waals surface area (Å²) in [6.45, 7) is 7.88. The Morgan fingerprint density at radius 3 is 2.50 bits per heavy atom. The van der Waals surface area contributed by atoms with Gasteiger partial charge >= 0.3 is 0 Å². The quantitative estimate of drug-likeness (QED) is 0.516. The maximum absolute atomic E-state index is 3.70. The van der Waals surface area contributed by atoms with Crippen LogP contribution in [0.1, 0.15) is 20.3 Å². The first-order valence-electron chi connectivity index (χ1n) is 5.02. The fraction of sp³-hybridized carbons (Fsp3) is 0.500. The Balaban J connectivity index is 4.65. The third-order valence-corrected chi connectivity index (χ3v) is 2.05. The van der Waals surface area contributed by atoms with Crippen LogP contribution in [0, 0.1) is 0 Å². The molecule has 1 unspecified atom stereocenters. The summed E-state index contributed by atoms with van der Waals surface area (Å²) in [5.41, 5.74) is 1.35. The Kier molecular flexibility index (Phi) is 6.85. The van der Waals surface area contributed by atoms with Crippen molar-refractivity contribution in [2.24, 2.45) is 0 Å². The summed E-state index contributed by atoms with van der Waals surface area (Å²) in [5, 5.41) is 3.23. The summed E-state index contributed by atoms with van der Waals surface area (Å²) >= 11 is 0. The van der Waals surface area contributed by atoms with Crippen LogP contribution in [0.3, 0.4) is 0 Å². The van der Waals surface area contributed by atoms with E-state index in [2.05, 4.69) is 50.0 Å². The van der Waals surface area contributed by atoms with Crippen LogP contribution in [0.25, 0.3) is 0 Å². The van der Waals surface area contributed by atoms with Crippen molar-refractivity contribution in [2.45, 2.75) is 26.4 Å². The molecule has 1 atom stereocenters. The smallest absolute Gasteiger partial charge is 0.101 e. The Labute approximate surface area is 88.0 Å². The highest BCUT2D eigenvalue weighted by Gasteiger charge is 2.11. The van der Waals surface area contributed by atoms with E-state index in [1.54, 1.807) is 6.20 Å². The lowest BCUT2D eigenvalue weighted by molar-refractivity contribution is 0.300. The van der Waals surface area contributed by atoms with E-state index in [4.69, 9.17) is 0 Å². The van der Waals surface area contributed by atoms with Gasteiger partial charge in [0.15, 0.2) is 0 Å². The van der Waals surface area contributed by atoms with Crippen molar-refractivity contribution >= 4 is 0 Å². The zero-order valence-corrected chi connectivity index (χ0v) is 9.75.